The lowest BCUT2D eigenvalue weighted by atomic mass is 10.0. The molecule has 1 aromatic heterocycles. The summed E-state index contributed by atoms with van der Waals surface area (Å²) < 4.78 is 12.6. The van der Waals surface area contributed by atoms with Crippen LogP contribution in [0.15, 0.2) is 23.3 Å². The first kappa shape index (κ1) is 15.6. The van der Waals surface area contributed by atoms with Gasteiger partial charge in [-0.25, -0.2) is 9.97 Å². The minimum absolute atomic E-state index is 0.0163. The number of rotatable bonds is 3. The Morgan fingerprint density at radius 2 is 2.22 bits per heavy atom. The van der Waals surface area contributed by atoms with Crippen LogP contribution < -0.4 is 5.73 Å². The first-order chi connectivity index (χ1) is 10.9. The van der Waals surface area contributed by atoms with Crippen LogP contribution in [0.1, 0.15) is 11.3 Å². The number of hydrogen-bond donors (Lipinski definition) is 2. The third kappa shape index (κ3) is 3.25. The van der Waals surface area contributed by atoms with Gasteiger partial charge < -0.3 is 10.8 Å². The fourth-order valence-corrected chi connectivity index (χ4v) is 2.63. The monoisotopic (exact) mass is 335 g/mol. The topological polar surface area (TPSA) is 87.6 Å². The van der Waals surface area contributed by atoms with Crippen molar-refractivity contribution in [3.05, 3.63) is 34.6 Å². The lowest BCUT2D eigenvalue weighted by Crippen LogP contribution is -2.44. The molecule has 8 heteroatoms. The second-order valence-corrected chi connectivity index (χ2v) is 5.84. The van der Waals surface area contributed by atoms with Crippen LogP contribution in [0.3, 0.4) is 0 Å². The molecule has 1 aromatic carbocycles. The van der Waals surface area contributed by atoms with Gasteiger partial charge in [0.15, 0.2) is 5.82 Å². The number of aliphatic imine (C=N–C) groups is 1. The summed E-state index contributed by atoms with van der Waals surface area (Å²) in [7, 11) is 0. The summed E-state index contributed by atoms with van der Waals surface area (Å²) in [4.78, 5) is 12.7. The number of nitrogen functional groups attached to an aromatic ring is 1. The summed E-state index contributed by atoms with van der Waals surface area (Å²) in [6.45, 7) is 2.37. The van der Waals surface area contributed by atoms with E-state index in [4.69, 9.17) is 17.3 Å². The van der Waals surface area contributed by atoms with Crippen LogP contribution >= 0.6 is 11.6 Å². The first-order valence-corrected chi connectivity index (χ1v) is 7.37. The van der Waals surface area contributed by atoms with Gasteiger partial charge in [0.05, 0.1) is 37.2 Å². The van der Waals surface area contributed by atoms with E-state index in [1.54, 1.807) is 6.07 Å². The molecular weight excluding hydrogens is 321 g/mol. The highest BCUT2D eigenvalue weighted by Crippen LogP contribution is 2.34. The van der Waals surface area contributed by atoms with Crippen LogP contribution in [-0.2, 0) is 0 Å². The van der Waals surface area contributed by atoms with Crippen molar-refractivity contribution in [3.8, 4) is 17.0 Å². The number of benzene rings is 1. The van der Waals surface area contributed by atoms with Crippen LogP contribution in [0.4, 0.5) is 10.3 Å². The molecule has 0 bridgehead atoms. The largest absolute Gasteiger partial charge is 0.507 e. The Balaban J connectivity index is 1.88. The number of hydrogen-bond acceptors (Lipinski definition) is 6. The van der Waals surface area contributed by atoms with E-state index in [0.29, 0.717) is 27.1 Å². The van der Waals surface area contributed by atoms with Gasteiger partial charge in [0.1, 0.15) is 11.4 Å². The highest BCUT2D eigenvalue weighted by atomic mass is 35.5. The number of halogens is 2. The molecule has 0 atom stereocenters. The molecule has 0 radical (unpaired) electrons. The van der Waals surface area contributed by atoms with Gasteiger partial charge in [-0.2, -0.15) is 0 Å². The Morgan fingerprint density at radius 3 is 2.83 bits per heavy atom. The summed E-state index contributed by atoms with van der Waals surface area (Å²) >= 11 is 5.90. The van der Waals surface area contributed by atoms with E-state index in [1.807, 2.05) is 6.92 Å². The molecule has 23 heavy (non-hydrogen) atoms. The molecule has 3 N–H and O–H groups in total. The SMILES string of the molecule is Cc1cc(Cl)cc(O)c1-c1cnc(C=NC2CN(F)C2)c(N)n1. The Hall–Kier alpha value is -2.25. The fourth-order valence-electron chi connectivity index (χ4n) is 2.37. The molecule has 1 aliphatic heterocycles. The lowest BCUT2D eigenvalue weighted by molar-refractivity contribution is -0.0479. The summed E-state index contributed by atoms with van der Waals surface area (Å²) in [6, 6.07) is 3.09. The van der Waals surface area contributed by atoms with Gasteiger partial charge in [0, 0.05) is 10.6 Å². The maximum Gasteiger partial charge on any atom is 0.151 e. The average Bonchev–Trinajstić information content (AvgIpc) is 2.42. The van der Waals surface area contributed by atoms with E-state index in [9.17, 15) is 9.59 Å². The zero-order valence-electron chi connectivity index (χ0n) is 12.4. The second-order valence-electron chi connectivity index (χ2n) is 5.40. The van der Waals surface area contributed by atoms with Crippen LogP contribution in [0.2, 0.25) is 5.02 Å². The third-order valence-corrected chi connectivity index (χ3v) is 3.81. The summed E-state index contributed by atoms with van der Waals surface area (Å²) in [6.07, 6.45) is 3.01. The zero-order chi connectivity index (χ0) is 16.6. The van der Waals surface area contributed by atoms with Gasteiger partial charge >= 0.3 is 0 Å². The van der Waals surface area contributed by atoms with Crippen LogP contribution in [0, 0.1) is 6.92 Å². The standard InChI is InChI=1S/C15H15ClFN5O/c1-8-2-9(16)3-13(23)14(8)11-4-20-12(15(18)21-11)5-19-10-6-22(17)7-10/h2-5,10,23H,6-7H2,1H3,(H2,18,21). The highest BCUT2D eigenvalue weighted by molar-refractivity contribution is 6.31. The van der Waals surface area contributed by atoms with Crippen LogP contribution in [0.25, 0.3) is 11.3 Å². The van der Waals surface area contributed by atoms with E-state index >= 15 is 0 Å². The van der Waals surface area contributed by atoms with Crippen molar-refractivity contribution < 1.29 is 9.59 Å². The molecule has 120 valence electrons. The number of phenolic OH excluding ortho intramolecular Hbond substituents is 1. The average molecular weight is 336 g/mol. The number of anilines is 1. The summed E-state index contributed by atoms with van der Waals surface area (Å²) in [5.41, 5.74) is 8.07. The molecule has 0 unspecified atom stereocenters. The molecule has 0 aliphatic carbocycles. The minimum atomic E-state index is -0.0802. The lowest BCUT2D eigenvalue weighted by Gasteiger charge is -2.28. The van der Waals surface area contributed by atoms with Gasteiger partial charge in [-0.05, 0) is 24.6 Å². The molecule has 3 rings (SSSR count). The normalized spacial score (nSPS) is 16.0. The van der Waals surface area contributed by atoms with Gasteiger partial charge in [0.2, 0.25) is 0 Å². The van der Waals surface area contributed by atoms with Crippen LogP contribution in [-0.4, -0.2) is 45.5 Å². The Kier molecular flexibility index (Phi) is 4.14. The van der Waals surface area contributed by atoms with Gasteiger partial charge in [0.25, 0.3) is 0 Å². The number of aromatic nitrogens is 2. The van der Waals surface area contributed by atoms with E-state index in [1.165, 1.54) is 18.5 Å². The smallest absolute Gasteiger partial charge is 0.151 e. The van der Waals surface area contributed by atoms with E-state index < -0.39 is 0 Å². The van der Waals surface area contributed by atoms with Crippen LogP contribution in [0.5, 0.6) is 5.75 Å². The van der Waals surface area contributed by atoms with Crippen molar-refractivity contribution in [1.82, 2.24) is 15.1 Å². The van der Waals surface area contributed by atoms with E-state index in [0.717, 1.165) is 5.56 Å². The first-order valence-electron chi connectivity index (χ1n) is 7.00. The number of nitrogens with two attached hydrogens (primary N) is 1. The Morgan fingerprint density at radius 1 is 1.48 bits per heavy atom. The predicted molar refractivity (Wildman–Crippen MR) is 87.4 cm³/mol. The predicted octanol–water partition coefficient (Wildman–Crippen LogP) is 2.38. The number of nitrogens with zero attached hydrogens (tertiary/aromatic N) is 4. The Labute approximate surface area is 137 Å². The summed E-state index contributed by atoms with van der Waals surface area (Å²) in [5, 5.41) is 11.2. The number of aryl methyl sites for hydroxylation is 1. The molecule has 1 saturated heterocycles. The summed E-state index contributed by atoms with van der Waals surface area (Å²) in [5.74, 6) is 0.207. The van der Waals surface area contributed by atoms with Gasteiger partial charge in [-0.3, -0.25) is 4.99 Å². The number of aromatic hydroxyl groups is 1. The van der Waals surface area contributed by atoms with E-state index in [2.05, 4.69) is 15.0 Å². The maximum absolute atomic E-state index is 12.6. The third-order valence-electron chi connectivity index (χ3n) is 3.59. The molecule has 1 fully saturated rings. The van der Waals surface area contributed by atoms with E-state index in [-0.39, 0.29) is 30.7 Å². The van der Waals surface area contributed by atoms with Crippen molar-refractivity contribution in [2.75, 3.05) is 18.8 Å². The highest BCUT2D eigenvalue weighted by Gasteiger charge is 2.25. The number of phenols is 1. The van der Waals surface area contributed by atoms with Crippen molar-refractivity contribution in [2.45, 2.75) is 13.0 Å². The molecule has 2 aromatic rings. The second kappa shape index (κ2) is 6.10. The molecular formula is C15H15ClFN5O. The molecule has 6 nitrogen and oxygen atoms in total. The molecule has 0 saturated carbocycles. The molecule has 2 heterocycles. The maximum atomic E-state index is 12.6. The van der Waals surface area contributed by atoms with Crippen molar-refractivity contribution in [1.29, 1.82) is 0 Å². The van der Waals surface area contributed by atoms with Crippen molar-refractivity contribution in [3.63, 3.8) is 0 Å². The van der Waals surface area contributed by atoms with Gasteiger partial charge in [-0.1, -0.05) is 11.6 Å². The zero-order valence-corrected chi connectivity index (χ0v) is 13.1. The molecule has 1 aliphatic rings. The van der Waals surface area contributed by atoms with Gasteiger partial charge in [-0.15, -0.1) is 9.60 Å². The Bertz CT molecular complexity index is 753. The quantitative estimate of drug-likeness (QED) is 0.664. The van der Waals surface area contributed by atoms with Crippen molar-refractivity contribution in [2.24, 2.45) is 4.99 Å². The minimum Gasteiger partial charge on any atom is -0.507 e. The van der Waals surface area contributed by atoms with Crippen molar-refractivity contribution >= 4 is 23.6 Å². The fraction of sp³-hybridized carbons (Fsp3) is 0.267. The molecule has 0 spiro atoms. The molecule has 0 amide bonds.